The first kappa shape index (κ1) is 11.3. The van der Waals surface area contributed by atoms with Crippen LogP contribution in [0.3, 0.4) is 0 Å². The van der Waals surface area contributed by atoms with Gasteiger partial charge in [0, 0.05) is 10.6 Å². The van der Waals surface area contributed by atoms with Crippen LogP contribution in [0.2, 0.25) is 0 Å². The van der Waals surface area contributed by atoms with Crippen LogP contribution >= 0.6 is 27.7 Å². The van der Waals surface area contributed by atoms with Gasteiger partial charge in [-0.3, -0.25) is 0 Å². The highest BCUT2D eigenvalue weighted by atomic mass is 79.9. The molecule has 0 amide bonds. The van der Waals surface area contributed by atoms with Crippen LogP contribution in [0, 0.1) is 0 Å². The van der Waals surface area contributed by atoms with Gasteiger partial charge in [0.15, 0.2) is 0 Å². The molecule has 1 unspecified atom stereocenters. The van der Waals surface area contributed by atoms with Gasteiger partial charge < -0.3 is 4.74 Å². The molecule has 0 fully saturated rings. The van der Waals surface area contributed by atoms with Gasteiger partial charge in [0.1, 0.15) is 5.75 Å². The Morgan fingerprint density at radius 2 is 2.40 bits per heavy atom. The molecule has 1 aromatic rings. The fraction of sp³-hybridized carbons (Fsp3) is 0.500. The summed E-state index contributed by atoms with van der Waals surface area (Å²) in [5.41, 5.74) is 2.94. The van der Waals surface area contributed by atoms with Crippen LogP contribution < -0.4 is 4.74 Å². The summed E-state index contributed by atoms with van der Waals surface area (Å²) in [5.74, 6) is 2.23. The van der Waals surface area contributed by atoms with Gasteiger partial charge in [0.05, 0.1) is 6.61 Å². The third-order valence-electron chi connectivity index (χ3n) is 2.60. The van der Waals surface area contributed by atoms with E-state index >= 15 is 0 Å². The zero-order valence-electron chi connectivity index (χ0n) is 8.83. The van der Waals surface area contributed by atoms with E-state index in [1.165, 1.54) is 23.3 Å². The summed E-state index contributed by atoms with van der Waals surface area (Å²) in [6.07, 6.45) is 1.17. The molecule has 0 aliphatic carbocycles. The molecule has 0 aromatic heterocycles. The number of benzene rings is 1. The normalized spacial score (nSPS) is 19.7. The summed E-state index contributed by atoms with van der Waals surface area (Å²) in [6, 6.07) is 6.51. The minimum Gasteiger partial charge on any atom is -0.494 e. The molecule has 0 N–H and O–H groups in total. The summed E-state index contributed by atoms with van der Waals surface area (Å²) in [4.78, 5) is 0. The lowest BCUT2D eigenvalue weighted by Gasteiger charge is -2.24. The zero-order chi connectivity index (χ0) is 10.7. The highest BCUT2D eigenvalue weighted by Crippen LogP contribution is 2.39. The zero-order valence-corrected chi connectivity index (χ0v) is 11.2. The number of hydrogen-bond donors (Lipinski definition) is 0. The fourth-order valence-electron chi connectivity index (χ4n) is 1.90. The summed E-state index contributed by atoms with van der Waals surface area (Å²) in [5, 5.41) is 1.66. The predicted octanol–water partition coefficient (Wildman–Crippen LogP) is 3.81. The van der Waals surface area contributed by atoms with E-state index in [2.05, 4.69) is 34.1 Å². The van der Waals surface area contributed by atoms with Crippen LogP contribution in [-0.2, 0) is 6.42 Å². The predicted molar refractivity (Wildman–Crippen MR) is 70.3 cm³/mol. The number of rotatable bonds is 3. The second-order valence-corrected chi connectivity index (χ2v) is 5.52. The molecular formula is C12H15BrOS. The van der Waals surface area contributed by atoms with Crippen molar-refractivity contribution in [1.82, 2.24) is 0 Å². The SMILES string of the molecule is CCOc1ccc2c(c1)CCSC2CBr. The lowest BCUT2D eigenvalue weighted by atomic mass is 10.0. The van der Waals surface area contributed by atoms with Gasteiger partial charge in [-0.1, -0.05) is 22.0 Å². The quantitative estimate of drug-likeness (QED) is 0.782. The average Bonchev–Trinajstić information content (AvgIpc) is 2.28. The number of hydrogen-bond acceptors (Lipinski definition) is 2. The number of halogens is 1. The van der Waals surface area contributed by atoms with Crippen LogP contribution in [0.5, 0.6) is 5.75 Å². The first-order chi connectivity index (χ1) is 7.35. The molecule has 1 aliphatic heterocycles. The van der Waals surface area contributed by atoms with E-state index < -0.39 is 0 Å². The Bertz CT molecular complexity index is 340. The van der Waals surface area contributed by atoms with Crippen molar-refractivity contribution in [2.45, 2.75) is 18.6 Å². The minimum atomic E-state index is 0.615. The molecule has 82 valence electrons. The number of ether oxygens (including phenoxy) is 1. The number of fused-ring (bicyclic) bond motifs is 1. The van der Waals surface area contributed by atoms with Gasteiger partial charge in [-0.25, -0.2) is 0 Å². The van der Waals surface area contributed by atoms with E-state index in [1.54, 1.807) is 0 Å². The molecule has 1 nitrogen and oxygen atoms in total. The molecule has 1 atom stereocenters. The first-order valence-corrected chi connectivity index (χ1v) is 7.45. The molecule has 15 heavy (non-hydrogen) atoms. The van der Waals surface area contributed by atoms with E-state index in [-0.39, 0.29) is 0 Å². The van der Waals surface area contributed by atoms with Crippen molar-refractivity contribution in [3.63, 3.8) is 0 Å². The Hall–Kier alpha value is -0.150. The van der Waals surface area contributed by atoms with Crippen LogP contribution in [0.15, 0.2) is 18.2 Å². The summed E-state index contributed by atoms with van der Waals surface area (Å²) in [7, 11) is 0. The third-order valence-corrected chi connectivity index (χ3v) is 4.94. The smallest absolute Gasteiger partial charge is 0.119 e. The molecule has 1 aliphatic rings. The second kappa shape index (κ2) is 5.26. The standard InChI is InChI=1S/C12H15BrOS/c1-2-14-10-3-4-11-9(7-10)5-6-15-12(11)8-13/h3-4,7,12H,2,5-6,8H2,1H3. The summed E-state index contributed by atoms with van der Waals surface area (Å²) < 4.78 is 5.52. The van der Waals surface area contributed by atoms with Crippen molar-refractivity contribution in [3.8, 4) is 5.75 Å². The van der Waals surface area contributed by atoms with Crippen molar-refractivity contribution in [3.05, 3.63) is 29.3 Å². The highest BCUT2D eigenvalue weighted by Gasteiger charge is 2.19. The fourth-order valence-corrected chi connectivity index (χ4v) is 3.93. The van der Waals surface area contributed by atoms with Gasteiger partial charge in [0.2, 0.25) is 0 Å². The molecule has 0 spiro atoms. The second-order valence-electron chi connectivity index (χ2n) is 3.56. The van der Waals surface area contributed by atoms with E-state index in [0.29, 0.717) is 5.25 Å². The highest BCUT2D eigenvalue weighted by molar-refractivity contribution is 9.09. The Labute approximate surface area is 104 Å². The topological polar surface area (TPSA) is 9.23 Å². The van der Waals surface area contributed by atoms with E-state index in [1.807, 2.05) is 18.7 Å². The van der Waals surface area contributed by atoms with E-state index in [4.69, 9.17) is 4.74 Å². The third kappa shape index (κ3) is 2.51. The van der Waals surface area contributed by atoms with Crippen molar-refractivity contribution in [1.29, 1.82) is 0 Å². The van der Waals surface area contributed by atoms with Crippen molar-refractivity contribution in [2.24, 2.45) is 0 Å². The molecule has 0 radical (unpaired) electrons. The Morgan fingerprint density at radius 3 is 3.13 bits per heavy atom. The van der Waals surface area contributed by atoms with Crippen molar-refractivity contribution in [2.75, 3.05) is 17.7 Å². The summed E-state index contributed by atoms with van der Waals surface area (Å²) >= 11 is 5.62. The molecule has 0 saturated carbocycles. The number of alkyl halides is 1. The van der Waals surface area contributed by atoms with Crippen LogP contribution in [-0.4, -0.2) is 17.7 Å². The van der Waals surface area contributed by atoms with Crippen LogP contribution in [0.1, 0.15) is 23.3 Å². The number of thioether (sulfide) groups is 1. The van der Waals surface area contributed by atoms with Crippen LogP contribution in [0.25, 0.3) is 0 Å². The van der Waals surface area contributed by atoms with E-state index in [9.17, 15) is 0 Å². The van der Waals surface area contributed by atoms with Gasteiger partial charge in [0.25, 0.3) is 0 Å². The number of aryl methyl sites for hydroxylation is 1. The maximum atomic E-state index is 5.52. The van der Waals surface area contributed by atoms with Gasteiger partial charge in [-0.05, 0) is 42.4 Å². The Morgan fingerprint density at radius 1 is 1.53 bits per heavy atom. The molecule has 1 aromatic carbocycles. The molecule has 0 bridgehead atoms. The molecule has 2 rings (SSSR count). The lowest BCUT2D eigenvalue weighted by Crippen LogP contribution is -2.09. The monoisotopic (exact) mass is 286 g/mol. The summed E-state index contributed by atoms with van der Waals surface area (Å²) in [6.45, 7) is 2.77. The minimum absolute atomic E-state index is 0.615. The maximum Gasteiger partial charge on any atom is 0.119 e. The lowest BCUT2D eigenvalue weighted by molar-refractivity contribution is 0.340. The molecule has 3 heteroatoms. The van der Waals surface area contributed by atoms with E-state index in [0.717, 1.165) is 17.7 Å². The largest absolute Gasteiger partial charge is 0.494 e. The Balaban J connectivity index is 2.27. The van der Waals surface area contributed by atoms with Crippen molar-refractivity contribution >= 4 is 27.7 Å². The average molecular weight is 287 g/mol. The Kier molecular flexibility index (Phi) is 3.98. The van der Waals surface area contributed by atoms with Gasteiger partial charge in [-0.15, -0.1) is 0 Å². The maximum absolute atomic E-state index is 5.52. The molecule has 1 heterocycles. The molecule has 0 saturated heterocycles. The van der Waals surface area contributed by atoms with Gasteiger partial charge in [-0.2, -0.15) is 11.8 Å². The van der Waals surface area contributed by atoms with Gasteiger partial charge >= 0.3 is 0 Å². The van der Waals surface area contributed by atoms with Crippen molar-refractivity contribution < 1.29 is 4.74 Å². The first-order valence-electron chi connectivity index (χ1n) is 5.28. The van der Waals surface area contributed by atoms with Crippen LogP contribution in [0.4, 0.5) is 0 Å². The molecular weight excluding hydrogens is 272 g/mol.